The maximum absolute atomic E-state index is 14.7. The number of fused-ring (bicyclic) bond motifs is 3. The molecular formula is C24H24FN7O. The van der Waals surface area contributed by atoms with Gasteiger partial charge in [-0.3, -0.25) is 14.5 Å². The Morgan fingerprint density at radius 2 is 2.03 bits per heavy atom. The van der Waals surface area contributed by atoms with Gasteiger partial charge >= 0.3 is 0 Å². The van der Waals surface area contributed by atoms with Crippen molar-refractivity contribution in [1.82, 2.24) is 24.8 Å². The predicted molar refractivity (Wildman–Crippen MR) is 124 cm³/mol. The third kappa shape index (κ3) is 2.88. The van der Waals surface area contributed by atoms with Crippen LogP contribution in [0.5, 0.6) is 0 Å². The van der Waals surface area contributed by atoms with Crippen LogP contribution in [0, 0.1) is 18.2 Å². The van der Waals surface area contributed by atoms with Crippen LogP contribution in [0.15, 0.2) is 36.7 Å². The van der Waals surface area contributed by atoms with Gasteiger partial charge in [-0.2, -0.15) is 5.10 Å². The van der Waals surface area contributed by atoms with E-state index in [-0.39, 0.29) is 17.1 Å². The third-order valence-electron chi connectivity index (χ3n) is 7.18. The lowest BCUT2D eigenvalue weighted by Gasteiger charge is -2.36. The SMILES string of the molecule is Cc1cc2nc(N)c3cnn(C)c3c2cc1C(=O)N1CC2(CCC2)CN1c1ncccc1F. The first-order valence-electron chi connectivity index (χ1n) is 11.1. The van der Waals surface area contributed by atoms with E-state index in [1.807, 2.05) is 26.1 Å². The molecule has 1 saturated carbocycles. The molecule has 1 saturated heterocycles. The maximum Gasteiger partial charge on any atom is 0.272 e. The number of nitrogens with zero attached hydrogens (tertiary/aromatic N) is 6. The molecule has 2 aliphatic rings. The van der Waals surface area contributed by atoms with Gasteiger partial charge in [0.1, 0.15) is 5.82 Å². The number of halogens is 1. The minimum atomic E-state index is -0.432. The average molecular weight is 446 g/mol. The van der Waals surface area contributed by atoms with Crippen LogP contribution in [0.4, 0.5) is 16.0 Å². The van der Waals surface area contributed by atoms with E-state index in [0.29, 0.717) is 30.0 Å². The molecule has 0 unspecified atom stereocenters. The van der Waals surface area contributed by atoms with Crippen molar-refractivity contribution in [3.63, 3.8) is 0 Å². The summed E-state index contributed by atoms with van der Waals surface area (Å²) in [6.07, 6.45) is 6.42. The summed E-state index contributed by atoms with van der Waals surface area (Å²) in [5.74, 6) is -0.00238. The number of rotatable bonds is 2. The highest BCUT2D eigenvalue weighted by Gasteiger charge is 2.49. The Bertz CT molecular complexity index is 1440. The monoisotopic (exact) mass is 445 g/mol. The molecule has 4 heterocycles. The first-order valence-corrected chi connectivity index (χ1v) is 11.1. The van der Waals surface area contributed by atoms with Crippen LogP contribution in [-0.4, -0.2) is 43.8 Å². The Morgan fingerprint density at radius 1 is 1.21 bits per heavy atom. The van der Waals surface area contributed by atoms with Gasteiger partial charge in [-0.25, -0.2) is 19.4 Å². The topological polar surface area (TPSA) is 93.2 Å². The Hall–Kier alpha value is -3.75. The van der Waals surface area contributed by atoms with Crippen molar-refractivity contribution in [2.45, 2.75) is 26.2 Å². The first kappa shape index (κ1) is 19.9. The first-order chi connectivity index (χ1) is 15.9. The molecule has 6 rings (SSSR count). The third-order valence-corrected chi connectivity index (χ3v) is 7.18. The van der Waals surface area contributed by atoms with E-state index in [1.165, 1.54) is 6.07 Å². The van der Waals surface area contributed by atoms with E-state index in [9.17, 15) is 9.18 Å². The molecule has 1 aromatic carbocycles. The van der Waals surface area contributed by atoms with Gasteiger partial charge in [-0.15, -0.1) is 0 Å². The van der Waals surface area contributed by atoms with Crippen LogP contribution in [0.25, 0.3) is 21.8 Å². The second-order valence-corrected chi connectivity index (χ2v) is 9.29. The van der Waals surface area contributed by atoms with Crippen molar-refractivity contribution in [3.05, 3.63) is 53.6 Å². The fraction of sp³-hybridized carbons (Fsp3) is 0.333. The summed E-state index contributed by atoms with van der Waals surface area (Å²) < 4.78 is 16.4. The number of hydrogen-bond donors (Lipinski definition) is 1. The molecule has 0 atom stereocenters. The van der Waals surface area contributed by atoms with Gasteiger partial charge in [0.05, 0.1) is 29.2 Å². The van der Waals surface area contributed by atoms with Crippen molar-refractivity contribution >= 4 is 39.3 Å². The number of amides is 1. The average Bonchev–Trinajstić information content (AvgIpc) is 3.36. The van der Waals surface area contributed by atoms with Crippen molar-refractivity contribution in [2.75, 3.05) is 23.8 Å². The van der Waals surface area contributed by atoms with Crippen LogP contribution in [0.3, 0.4) is 0 Å². The minimum absolute atomic E-state index is 0.00428. The molecule has 3 aromatic heterocycles. The lowest BCUT2D eigenvalue weighted by atomic mass is 9.69. The molecule has 1 aliphatic heterocycles. The van der Waals surface area contributed by atoms with Crippen LogP contribution in [-0.2, 0) is 7.05 Å². The van der Waals surface area contributed by atoms with E-state index in [4.69, 9.17) is 5.73 Å². The highest BCUT2D eigenvalue weighted by Crippen LogP contribution is 2.48. The van der Waals surface area contributed by atoms with E-state index in [0.717, 1.165) is 41.1 Å². The van der Waals surface area contributed by atoms with Crippen molar-refractivity contribution in [2.24, 2.45) is 12.5 Å². The zero-order valence-electron chi connectivity index (χ0n) is 18.5. The number of hydrazine groups is 1. The molecule has 0 bridgehead atoms. The van der Waals surface area contributed by atoms with E-state index in [1.54, 1.807) is 33.2 Å². The van der Waals surface area contributed by atoms with E-state index >= 15 is 0 Å². The molecule has 168 valence electrons. The number of carbonyl (C=O) groups is 1. The lowest BCUT2D eigenvalue weighted by molar-refractivity contribution is 0.0719. The number of aromatic nitrogens is 4. The van der Waals surface area contributed by atoms with Crippen LogP contribution >= 0.6 is 0 Å². The normalized spacial score (nSPS) is 17.3. The van der Waals surface area contributed by atoms with Gasteiger partial charge < -0.3 is 5.73 Å². The molecule has 0 radical (unpaired) electrons. The van der Waals surface area contributed by atoms with E-state index < -0.39 is 5.82 Å². The molecular weight excluding hydrogens is 421 g/mol. The zero-order chi connectivity index (χ0) is 22.9. The Kier molecular flexibility index (Phi) is 4.14. The largest absolute Gasteiger partial charge is 0.383 e. The summed E-state index contributed by atoms with van der Waals surface area (Å²) in [5, 5.41) is 9.27. The summed E-state index contributed by atoms with van der Waals surface area (Å²) in [4.78, 5) is 22.7. The molecule has 33 heavy (non-hydrogen) atoms. The van der Waals surface area contributed by atoms with Gasteiger partial charge in [-0.05, 0) is 49.6 Å². The predicted octanol–water partition coefficient (Wildman–Crippen LogP) is 3.59. The van der Waals surface area contributed by atoms with Gasteiger partial charge in [0.2, 0.25) is 0 Å². The van der Waals surface area contributed by atoms with Crippen molar-refractivity contribution in [1.29, 1.82) is 0 Å². The Balaban J connectivity index is 1.49. The summed E-state index contributed by atoms with van der Waals surface area (Å²) in [6.45, 7) is 3.03. The molecule has 1 spiro atoms. The van der Waals surface area contributed by atoms with Crippen LogP contribution < -0.4 is 10.7 Å². The molecule has 9 heteroatoms. The highest BCUT2D eigenvalue weighted by atomic mass is 19.1. The highest BCUT2D eigenvalue weighted by molar-refractivity contribution is 6.10. The number of benzene rings is 1. The second kappa shape index (κ2) is 6.87. The number of nitrogens with two attached hydrogens (primary N) is 1. The number of nitrogen functional groups attached to an aromatic ring is 1. The van der Waals surface area contributed by atoms with Gasteiger partial charge in [0.25, 0.3) is 5.91 Å². The molecule has 2 N–H and O–H groups in total. The summed E-state index contributed by atoms with van der Waals surface area (Å²) in [5.41, 5.74) is 9.02. The molecule has 1 amide bonds. The fourth-order valence-corrected chi connectivity index (χ4v) is 5.27. The maximum atomic E-state index is 14.7. The standard InChI is InChI=1S/C24H24FN7O/c1-14-9-19-16(20-17(21(26)29-19)11-28-30(20)2)10-15(14)23(33)32-13-24(6-4-7-24)12-31(32)22-18(25)5-3-8-27-22/h3,5,8-11H,4,6-7,12-13H2,1-2H3,(H2,26,29). The summed E-state index contributed by atoms with van der Waals surface area (Å²) in [7, 11) is 1.84. The minimum Gasteiger partial charge on any atom is -0.383 e. The van der Waals surface area contributed by atoms with Gasteiger partial charge in [0, 0.05) is 36.2 Å². The second-order valence-electron chi connectivity index (χ2n) is 9.29. The fourth-order valence-electron chi connectivity index (χ4n) is 5.27. The smallest absolute Gasteiger partial charge is 0.272 e. The zero-order valence-corrected chi connectivity index (χ0v) is 18.5. The molecule has 2 fully saturated rings. The van der Waals surface area contributed by atoms with Crippen LogP contribution in [0.1, 0.15) is 35.2 Å². The Morgan fingerprint density at radius 3 is 2.76 bits per heavy atom. The number of aryl methyl sites for hydroxylation is 2. The van der Waals surface area contributed by atoms with Crippen molar-refractivity contribution in [3.8, 4) is 0 Å². The Labute approximate surface area is 189 Å². The summed E-state index contributed by atoms with van der Waals surface area (Å²) in [6, 6.07) is 6.69. The van der Waals surface area contributed by atoms with E-state index in [2.05, 4.69) is 15.1 Å². The molecule has 8 nitrogen and oxygen atoms in total. The number of hydrogen-bond acceptors (Lipinski definition) is 6. The van der Waals surface area contributed by atoms with Crippen molar-refractivity contribution < 1.29 is 9.18 Å². The molecule has 1 aliphatic carbocycles. The quantitative estimate of drug-likeness (QED) is 0.507. The van der Waals surface area contributed by atoms with Gasteiger partial charge in [-0.1, -0.05) is 6.42 Å². The van der Waals surface area contributed by atoms with Gasteiger partial charge in [0.15, 0.2) is 11.6 Å². The van der Waals surface area contributed by atoms with Crippen LogP contribution in [0.2, 0.25) is 0 Å². The number of carbonyl (C=O) groups excluding carboxylic acids is 1. The summed E-state index contributed by atoms with van der Waals surface area (Å²) >= 11 is 0. The lowest BCUT2D eigenvalue weighted by Crippen LogP contribution is -2.42. The number of anilines is 2. The molecule has 4 aromatic rings. The number of pyridine rings is 2.